The lowest BCUT2D eigenvalue weighted by Gasteiger charge is -2.14. The van der Waals surface area contributed by atoms with Gasteiger partial charge in [0.25, 0.3) is 0 Å². The summed E-state index contributed by atoms with van der Waals surface area (Å²) in [6.45, 7) is 0. The topological polar surface area (TPSA) is 63.2 Å². The average molecular weight is 250 g/mol. The molecule has 1 amide bonds. The number of amides is 1. The third-order valence-electron chi connectivity index (χ3n) is 3.10. The summed E-state index contributed by atoms with van der Waals surface area (Å²) in [4.78, 5) is 34.0. The Morgan fingerprint density at radius 1 is 0.947 bits per heavy atom. The fourth-order valence-electron chi connectivity index (χ4n) is 2.19. The molecule has 1 N–H and O–H groups in total. The van der Waals surface area contributed by atoms with Crippen LogP contribution in [0.5, 0.6) is 0 Å². The van der Waals surface area contributed by atoms with E-state index < -0.39 is 11.6 Å². The number of fused-ring (bicyclic) bond motifs is 2. The standard InChI is InChI=1S/C15H8NO3/c17-8-16-13-7-11-5-9-3-1-2-4-10(9)6-12(11)14(18)15(13)19/h1-7H,(H,16,17). The molecule has 0 saturated carbocycles. The molecule has 1 aliphatic carbocycles. The molecule has 0 spiro atoms. The average Bonchev–Trinajstić information content (AvgIpc) is 2.43. The molecular formula is C15H8NO3. The van der Waals surface area contributed by atoms with Crippen molar-refractivity contribution >= 4 is 34.8 Å². The van der Waals surface area contributed by atoms with Crippen molar-refractivity contribution in [1.82, 2.24) is 5.32 Å². The molecule has 0 atom stereocenters. The minimum Gasteiger partial charge on any atom is -0.314 e. The number of carbonyl (C=O) groups is 2. The van der Waals surface area contributed by atoms with Crippen molar-refractivity contribution in [3.8, 4) is 0 Å². The van der Waals surface area contributed by atoms with E-state index in [1.165, 1.54) is 12.5 Å². The van der Waals surface area contributed by atoms with Crippen molar-refractivity contribution in [3.05, 3.63) is 53.2 Å². The first-order valence-corrected chi connectivity index (χ1v) is 5.67. The normalized spacial score (nSPS) is 14.0. The van der Waals surface area contributed by atoms with Crippen molar-refractivity contribution in [2.75, 3.05) is 0 Å². The van der Waals surface area contributed by atoms with Crippen LogP contribution in [0.25, 0.3) is 16.8 Å². The highest BCUT2D eigenvalue weighted by Gasteiger charge is 2.27. The van der Waals surface area contributed by atoms with Crippen LogP contribution in [0.15, 0.2) is 42.1 Å². The fraction of sp³-hybridized carbons (Fsp3) is 0. The van der Waals surface area contributed by atoms with Crippen LogP contribution in [0, 0.1) is 0 Å². The number of carbonyl (C=O) groups excluding carboxylic acids is 3. The van der Waals surface area contributed by atoms with Gasteiger partial charge in [0.1, 0.15) is 0 Å². The van der Waals surface area contributed by atoms with Crippen LogP contribution in [-0.4, -0.2) is 18.0 Å². The predicted octanol–water partition coefficient (Wildman–Crippen LogP) is 1.60. The summed E-state index contributed by atoms with van der Waals surface area (Å²) in [7, 11) is 0. The largest absolute Gasteiger partial charge is 0.314 e. The van der Waals surface area contributed by atoms with Crippen molar-refractivity contribution in [2.45, 2.75) is 0 Å². The first kappa shape index (κ1) is 11.3. The molecule has 1 aliphatic rings. The summed E-state index contributed by atoms with van der Waals surface area (Å²) in [5.74, 6) is -1.33. The third-order valence-corrected chi connectivity index (χ3v) is 3.10. The van der Waals surface area contributed by atoms with Crippen LogP contribution in [0.2, 0.25) is 0 Å². The molecule has 1 radical (unpaired) electrons. The zero-order valence-electron chi connectivity index (χ0n) is 9.77. The van der Waals surface area contributed by atoms with Crippen LogP contribution in [0.1, 0.15) is 15.9 Å². The molecule has 0 bridgehead atoms. The first-order valence-electron chi connectivity index (χ1n) is 5.67. The number of Topliss-reactive ketones (excluding diaryl/α,β-unsaturated/α-hetero) is 2. The molecule has 3 rings (SSSR count). The van der Waals surface area contributed by atoms with Gasteiger partial charge in [-0.1, -0.05) is 24.3 Å². The number of benzene rings is 2. The lowest BCUT2D eigenvalue weighted by molar-refractivity contribution is -0.112. The Bertz CT molecular complexity index is 759. The van der Waals surface area contributed by atoms with Gasteiger partial charge in [-0.2, -0.15) is 0 Å². The van der Waals surface area contributed by atoms with Gasteiger partial charge in [0.15, 0.2) is 0 Å². The van der Waals surface area contributed by atoms with Crippen molar-refractivity contribution < 1.29 is 14.4 Å². The second-order valence-corrected chi connectivity index (χ2v) is 4.23. The number of hydrogen-bond donors (Lipinski definition) is 1. The molecule has 2 aromatic rings. The van der Waals surface area contributed by atoms with E-state index >= 15 is 0 Å². The Morgan fingerprint density at radius 3 is 2.32 bits per heavy atom. The Balaban J connectivity index is 2.27. The zero-order chi connectivity index (χ0) is 13.4. The summed E-state index contributed by atoms with van der Waals surface area (Å²) in [6.07, 6.45) is 2.91. The van der Waals surface area contributed by atoms with Gasteiger partial charge < -0.3 is 5.32 Å². The van der Waals surface area contributed by atoms with Gasteiger partial charge in [-0.25, -0.2) is 0 Å². The molecule has 0 aliphatic heterocycles. The van der Waals surface area contributed by atoms with E-state index in [4.69, 9.17) is 0 Å². The van der Waals surface area contributed by atoms with Gasteiger partial charge in [0, 0.05) is 5.56 Å². The molecule has 0 unspecified atom stereocenters. The highest BCUT2D eigenvalue weighted by molar-refractivity contribution is 6.52. The Kier molecular flexibility index (Phi) is 2.49. The van der Waals surface area contributed by atoms with Crippen LogP contribution in [-0.2, 0) is 9.59 Å². The SMILES string of the molecule is O=[C]NC1=Cc2cc3ccccc3cc2C(=O)C1=O. The molecule has 0 aromatic heterocycles. The molecule has 0 fully saturated rings. The summed E-state index contributed by atoms with van der Waals surface area (Å²) < 4.78 is 0. The van der Waals surface area contributed by atoms with Crippen molar-refractivity contribution in [1.29, 1.82) is 0 Å². The van der Waals surface area contributed by atoms with Crippen LogP contribution in [0.3, 0.4) is 0 Å². The maximum atomic E-state index is 12.0. The predicted molar refractivity (Wildman–Crippen MR) is 70.1 cm³/mol. The van der Waals surface area contributed by atoms with Crippen molar-refractivity contribution in [3.63, 3.8) is 0 Å². The van der Waals surface area contributed by atoms with E-state index in [1.54, 1.807) is 6.07 Å². The molecule has 91 valence electrons. The monoisotopic (exact) mass is 250 g/mol. The van der Waals surface area contributed by atoms with Crippen molar-refractivity contribution in [2.24, 2.45) is 0 Å². The number of hydrogen-bond acceptors (Lipinski definition) is 3. The second-order valence-electron chi connectivity index (χ2n) is 4.23. The fourth-order valence-corrected chi connectivity index (χ4v) is 2.19. The quantitative estimate of drug-likeness (QED) is 0.650. The van der Waals surface area contributed by atoms with Gasteiger partial charge in [-0.05, 0) is 34.5 Å². The summed E-state index contributed by atoms with van der Waals surface area (Å²) in [5.41, 5.74) is 0.948. The summed E-state index contributed by atoms with van der Waals surface area (Å²) in [6, 6.07) is 11.1. The molecule has 2 aromatic carbocycles. The lowest BCUT2D eigenvalue weighted by Crippen LogP contribution is -2.29. The third kappa shape index (κ3) is 1.74. The molecule has 0 heterocycles. The van der Waals surface area contributed by atoms with E-state index in [0.717, 1.165) is 10.8 Å². The van der Waals surface area contributed by atoms with E-state index in [1.807, 2.05) is 30.3 Å². The van der Waals surface area contributed by atoms with Gasteiger partial charge in [-0.3, -0.25) is 14.4 Å². The molecule has 0 saturated heterocycles. The highest BCUT2D eigenvalue weighted by atomic mass is 16.2. The lowest BCUT2D eigenvalue weighted by atomic mass is 9.90. The number of ketones is 2. The smallest absolute Gasteiger partial charge is 0.314 e. The maximum Gasteiger partial charge on any atom is 0.314 e. The minimum atomic E-state index is -0.717. The highest BCUT2D eigenvalue weighted by Crippen LogP contribution is 2.26. The van der Waals surface area contributed by atoms with Crippen LogP contribution >= 0.6 is 0 Å². The van der Waals surface area contributed by atoms with Crippen LogP contribution in [0.4, 0.5) is 0 Å². The van der Waals surface area contributed by atoms with E-state index in [2.05, 4.69) is 5.32 Å². The zero-order valence-corrected chi connectivity index (χ0v) is 9.77. The Labute approximate surface area is 108 Å². The number of rotatable bonds is 2. The molecule has 4 nitrogen and oxygen atoms in total. The van der Waals surface area contributed by atoms with Gasteiger partial charge in [-0.15, -0.1) is 0 Å². The molecule has 19 heavy (non-hydrogen) atoms. The number of nitrogens with one attached hydrogen (secondary N) is 1. The van der Waals surface area contributed by atoms with Crippen LogP contribution < -0.4 is 5.32 Å². The Hall–Kier alpha value is -2.75. The minimum absolute atomic E-state index is 0.0391. The molecular weight excluding hydrogens is 242 g/mol. The van der Waals surface area contributed by atoms with E-state index in [9.17, 15) is 14.4 Å². The second kappa shape index (κ2) is 4.17. The summed E-state index contributed by atoms with van der Waals surface area (Å²) in [5, 5.41) is 4.00. The van der Waals surface area contributed by atoms with Gasteiger partial charge >= 0.3 is 6.41 Å². The van der Waals surface area contributed by atoms with Gasteiger partial charge in [0.2, 0.25) is 11.6 Å². The Morgan fingerprint density at radius 2 is 1.63 bits per heavy atom. The molecule has 4 heteroatoms. The van der Waals surface area contributed by atoms with Gasteiger partial charge in [0.05, 0.1) is 5.70 Å². The number of allylic oxidation sites excluding steroid dienone is 1. The maximum absolute atomic E-state index is 12.0. The summed E-state index contributed by atoms with van der Waals surface area (Å²) >= 11 is 0. The first-order chi connectivity index (χ1) is 9.20. The van der Waals surface area contributed by atoms with E-state index in [-0.39, 0.29) is 5.70 Å². The van der Waals surface area contributed by atoms with E-state index in [0.29, 0.717) is 11.1 Å².